The van der Waals surface area contributed by atoms with Gasteiger partial charge in [-0.25, -0.2) is 4.79 Å². The van der Waals surface area contributed by atoms with Crippen molar-refractivity contribution in [3.63, 3.8) is 0 Å². The topological polar surface area (TPSA) is 77.8 Å². The standard InChI is InChI=1S/C9H8BrClO4/c10-4-2-1-3-5(11)6(4)7(12)8(13)9(14)15/h1-3,7-8,12-13H,(H,14,15). The van der Waals surface area contributed by atoms with Crippen LogP contribution in [-0.4, -0.2) is 27.4 Å². The Labute approximate surface area is 99.2 Å². The molecular weight excluding hydrogens is 287 g/mol. The van der Waals surface area contributed by atoms with E-state index in [0.717, 1.165) is 0 Å². The van der Waals surface area contributed by atoms with E-state index < -0.39 is 18.2 Å². The van der Waals surface area contributed by atoms with E-state index in [4.69, 9.17) is 21.8 Å². The SMILES string of the molecule is O=C(O)C(O)C(O)c1c(Cl)cccc1Br. The van der Waals surface area contributed by atoms with Gasteiger partial charge in [-0.15, -0.1) is 0 Å². The van der Waals surface area contributed by atoms with Crippen molar-refractivity contribution in [2.24, 2.45) is 0 Å². The summed E-state index contributed by atoms with van der Waals surface area (Å²) in [5.74, 6) is -1.51. The largest absolute Gasteiger partial charge is 0.479 e. The summed E-state index contributed by atoms with van der Waals surface area (Å²) >= 11 is 8.90. The smallest absolute Gasteiger partial charge is 0.335 e. The second-order valence-corrected chi connectivity index (χ2v) is 4.12. The summed E-state index contributed by atoms with van der Waals surface area (Å²) in [4.78, 5) is 10.5. The first kappa shape index (κ1) is 12.4. The Kier molecular flexibility index (Phi) is 4.10. The Balaban J connectivity index is 3.10. The minimum atomic E-state index is -1.90. The molecule has 0 saturated heterocycles. The van der Waals surface area contributed by atoms with Crippen LogP contribution in [0.3, 0.4) is 0 Å². The van der Waals surface area contributed by atoms with Gasteiger partial charge in [0, 0.05) is 15.1 Å². The third kappa shape index (κ3) is 2.69. The molecule has 0 aliphatic carbocycles. The van der Waals surface area contributed by atoms with Gasteiger partial charge < -0.3 is 15.3 Å². The summed E-state index contributed by atoms with van der Waals surface area (Å²) in [6, 6.07) is 4.73. The lowest BCUT2D eigenvalue weighted by molar-refractivity contribution is -0.153. The van der Waals surface area contributed by atoms with Crippen molar-refractivity contribution in [1.29, 1.82) is 0 Å². The fourth-order valence-corrected chi connectivity index (χ4v) is 2.09. The van der Waals surface area contributed by atoms with Gasteiger partial charge in [-0.2, -0.15) is 0 Å². The molecule has 1 rings (SSSR count). The molecular formula is C9H8BrClO4. The van der Waals surface area contributed by atoms with Gasteiger partial charge in [0.25, 0.3) is 0 Å². The van der Waals surface area contributed by atoms with Crippen LogP contribution in [0.15, 0.2) is 22.7 Å². The van der Waals surface area contributed by atoms with E-state index in [9.17, 15) is 9.90 Å². The minimum Gasteiger partial charge on any atom is -0.479 e. The predicted octanol–water partition coefficient (Wildman–Crippen LogP) is 1.58. The van der Waals surface area contributed by atoms with Gasteiger partial charge in [-0.1, -0.05) is 33.6 Å². The molecule has 2 atom stereocenters. The zero-order chi connectivity index (χ0) is 11.6. The number of aliphatic carboxylic acids is 1. The maximum absolute atomic E-state index is 10.5. The maximum atomic E-state index is 10.5. The van der Waals surface area contributed by atoms with Crippen molar-refractivity contribution in [1.82, 2.24) is 0 Å². The average molecular weight is 296 g/mol. The summed E-state index contributed by atoms with van der Waals surface area (Å²) < 4.78 is 0.447. The van der Waals surface area contributed by atoms with E-state index in [1.54, 1.807) is 12.1 Å². The van der Waals surface area contributed by atoms with Crippen molar-refractivity contribution < 1.29 is 20.1 Å². The Morgan fingerprint density at radius 2 is 2.00 bits per heavy atom. The molecule has 82 valence electrons. The van der Waals surface area contributed by atoms with E-state index >= 15 is 0 Å². The molecule has 15 heavy (non-hydrogen) atoms. The van der Waals surface area contributed by atoms with Crippen molar-refractivity contribution in [2.75, 3.05) is 0 Å². The van der Waals surface area contributed by atoms with Crippen molar-refractivity contribution in [3.8, 4) is 0 Å². The van der Waals surface area contributed by atoms with Crippen LogP contribution in [0.5, 0.6) is 0 Å². The highest BCUT2D eigenvalue weighted by Gasteiger charge is 2.28. The number of aliphatic hydroxyl groups is 2. The molecule has 0 bridgehead atoms. The van der Waals surface area contributed by atoms with Crippen LogP contribution in [0, 0.1) is 0 Å². The number of hydrogen-bond acceptors (Lipinski definition) is 3. The number of carboxylic acid groups (broad SMARTS) is 1. The number of aliphatic hydroxyl groups excluding tert-OH is 2. The zero-order valence-electron chi connectivity index (χ0n) is 7.39. The number of hydrogen-bond donors (Lipinski definition) is 3. The Morgan fingerprint density at radius 3 is 2.47 bits per heavy atom. The molecule has 0 amide bonds. The summed E-state index contributed by atoms with van der Waals surface area (Å²) in [7, 11) is 0. The highest BCUT2D eigenvalue weighted by Crippen LogP contribution is 2.32. The van der Waals surface area contributed by atoms with E-state index in [2.05, 4.69) is 15.9 Å². The van der Waals surface area contributed by atoms with Crippen molar-refractivity contribution in [2.45, 2.75) is 12.2 Å². The number of halogens is 2. The second kappa shape index (κ2) is 4.94. The Bertz CT molecular complexity index is 362. The van der Waals surface area contributed by atoms with Crippen molar-refractivity contribution >= 4 is 33.5 Å². The molecule has 0 aromatic heterocycles. The lowest BCUT2D eigenvalue weighted by Gasteiger charge is -2.17. The van der Waals surface area contributed by atoms with Gasteiger partial charge in [-0.05, 0) is 12.1 Å². The first-order chi connectivity index (χ1) is 6.95. The molecule has 0 aliphatic rings. The van der Waals surface area contributed by atoms with Crippen LogP contribution in [0.25, 0.3) is 0 Å². The van der Waals surface area contributed by atoms with Crippen molar-refractivity contribution in [3.05, 3.63) is 33.3 Å². The molecule has 3 N–H and O–H groups in total. The highest BCUT2D eigenvalue weighted by molar-refractivity contribution is 9.10. The summed E-state index contributed by atoms with van der Waals surface area (Å²) in [5, 5.41) is 27.5. The van der Waals surface area contributed by atoms with Crippen LogP contribution in [0.2, 0.25) is 5.02 Å². The zero-order valence-corrected chi connectivity index (χ0v) is 9.73. The lowest BCUT2D eigenvalue weighted by Crippen LogP contribution is -2.27. The molecule has 1 aromatic carbocycles. The van der Waals surface area contributed by atoms with Crippen LogP contribution in [-0.2, 0) is 4.79 Å². The highest BCUT2D eigenvalue weighted by atomic mass is 79.9. The van der Waals surface area contributed by atoms with Gasteiger partial charge in [-0.3, -0.25) is 0 Å². The van der Waals surface area contributed by atoms with Crippen LogP contribution in [0.1, 0.15) is 11.7 Å². The van der Waals surface area contributed by atoms with Gasteiger partial charge in [0.05, 0.1) is 0 Å². The molecule has 0 aliphatic heterocycles. The van der Waals surface area contributed by atoms with Gasteiger partial charge in [0.15, 0.2) is 6.10 Å². The Hall–Kier alpha value is -0.620. The minimum absolute atomic E-state index is 0.161. The number of rotatable bonds is 3. The monoisotopic (exact) mass is 294 g/mol. The average Bonchev–Trinajstić information content (AvgIpc) is 2.15. The van der Waals surface area contributed by atoms with E-state index in [0.29, 0.717) is 4.47 Å². The van der Waals surface area contributed by atoms with Crippen LogP contribution < -0.4 is 0 Å². The van der Waals surface area contributed by atoms with E-state index in [-0.39, 0.29) is 10.6 Å². The molecule has 0 fully saturated rings. The molecule has 0 heterocycles. The summed E-state index contributed by atoms with van der Waals surface area (Å²) in [6.45, 7) is 0. The molecule has 6 heteroatoms. The molecule has 0 spiro atoms. The fourth-order valence-electron chi connectivity index (χ4n) is 1.09. The van der Waals surface area contributed by atoms with Crippen LogP contribution >= 0.6 is 27.5 Å². The number of carbonyl (C=O) groups is 1. The fraction of sp³-hybridized carbons (Fsp3) is 0.222. The van der Waals surface area contributed by atoms with Gasteiger partial charge in [0.1, 0.15) is 6.10 Å². The normalized spacial score (nSPS) is 14.7. The molecule has 2 unspecified atom stereocenters. The first-order valence-corrected chi connectivity index (χ1v) is 5.15. The van der Waals surface area contributed by atoms with Gasteiger partial charge in [0.2, 0.25) is 0 Å². The summed E-state index contributed by atoms with van der Waals surface area (Å²) in [6.07, 6.45) is -3.47. The number of carboxylic acids is 1. The number of benzene rings is 1. The summed E-state index contributed by atoms with van der Waals surface area (Å²) in [5.41, 5.74) is 0.161. The maximum Gasteiger partial charge on any atom is 0.335 e. The molecule has 4 nitrogen and oxygen atoms in total. The van der Waals surface area contributed by atoms with Crippen LogP contribution in [0.4, 0.5) is 0 Å². The molecule has 1 aromatic rings. The predicted molar refractivity (Wildman–Crippen MR) is 57.8 cm³/mol. The second-order valence-electron chi connectivity index (χ2n) is 2.86. The van der Waals surface area contributed by atoms with E-state index in [1.165, 1.54) is 6.07 Å². The third-order valence-electron chi connectivity index (χ3n) is 1.85. The molecule has 0 radical (unpaired) electrons. The first-order valence-electron chi connectivity index (χ1n) is 3.98. The Morgan fingerprint density at radius 1 is 1.40 bits per heavy atom. The molecule has 0 saturated carbocycles. The van der Waals surface area contributed by atoms with Gasteiger partial charge >= 0.3 is 5.97 Å². The lowest BCUT2D eigenvalue weighted by atomic mass is 10.0. The van der Waals surface area contributed by atoms with E-state index in [1.807, 2.05) is 0 Å². The quantitative estimate of drug-likeness (QED) is 0.791. The third-order valence-corrected chi connectivity index (χ3v) is 2.87.